The predicted molar refractivity (Wildman–Crippen MR) is 44.2 cm³/mol. The van der Waals surface area contributed by atoms with Crippen molar-refractivity contribution >= 4 is 5.69 Å². The third-order valence-electron chi connectivity index (χ3n) is 1.58. The molecule has 0 saturated heterocycles. The summed E-state index contributed by atoms with van der Waals surface area (Å²) in [5.74, 6) is 0. The molecule has 11 heavy (non-hydrogen) atoms. The summed E-state index contributed by atoms with van der Waals surface area (Å²) in [6.07, 6.45) is 2.22. The summed E-state index contributed by atoms with van der Waals surface area (Å²) in [6, 6.07) is 1.89. The second-order valence-corrected chi connectivity index (χ2v) is 2.51. The highest BCUT2D eigenvalue weighted by molar-refractivity contribution is 5.44. The number of nitrogen functional groups attached to an aromatic ring is 1. The quantitative estimate of drug-likeness (QED) is 0.649. The van der Waals surface area contributed by atoms with Gasteiger partial charge in [0.15, 0.2) is 0 Å². The van der Waals surface area contributed by atoms with Gasteiger partial charge in [-0.1, -0.05) is 0 Å². The van der Waals surface area contributed by atoms with Crippen LogP contribution in [0.25, 0.3) is 0 Å². The van der Waals surface area contributed by atoms with Gasteiger partial charge in [-0.15, -0.1) is 0 Å². The summed E-state index contributed by atoms with van der Waals surface area (Å²) < 4.78 is 0. The Balaban J connectivity index is 2.86. The molecule has 0 fully saturated rings. The Hall–Kier alpha value is -1.09. The largest absolute Gasteiger partial charge is 0.397 e. The number of hydrogen-bond acceptors (Lipinski definition) is 3. The second kappa shape index (κ2) is 3.34. The number of rotatable bonds is 2. The maximum Gasteiger partial charge on any atom is 0.0530 e. The molecule has 0 saturated carbocycles. The number of aryl methyl sites for hydroxylation is 1. The zero-order valence-corrected chi connectivity index (χ0v) is 6.54. The van der Waals surface area contributed by atoms with E-state index < -0.39 is 0 Å². The molecule has 0 radical (unpaired) electrons. The summed E-state index contributed by atoms with van der Waals surface area (Å²) in [6.45, 7) is 2.06. The molecular weight excluding hydrogens is 140 g/mol. The average molecular weight is 152 g/mol. The van der Waals surface area contributed by atoms with Gasteiger partial charge < -0.3 is 10.8 Å². The third kappa shape index (κ3) is 1.91. The van der Waals surface area contributed by atoms with E-state index in [1.54, 1.807) is 6.20 Å². The number of hydrogen-bond donors (Lipinski definition) is 2. The Morgan fingerprint density at radius 1 is 1.64 bits per heavy atom. The molecule has 1 heterocycles. The molecule has 0 spiro atoms. The molecule has 3 nitrogen and oxygen atoms in total. The normalized spacial score (nSPS) is 10.0. The van der Waals surface area contributed by atoms with E-state index in [2.05, 4.69) is 4.98 Å². The molecule has 3 N–H and O–H groups in total. The maximum atomic E-state index is 8.61. The van der Waals surface area contributed by atoms with Crippen LogP contribution in [0.3, 0.4) is 0 Å². The second-order valence-electron chi connectivity index (χ2n) is 2.51. The Morgan fingerprint density at radius 3 is 2.91 bits per heavy atom. The van der Waals surface area contributed by atoms with Crippen molar-refractivity contribution in [2.24, 2.45) is 0 Å². The minimum atomic E-state index is 0.135. The Kier molecular flexibility index (Phi) is 2.44. The highest BCUT2D eigenvalue weighted by atomic mass is 16.3. The lowest BCUT2D eigenvalue weighted by molar-refractivity contribution is 0.298. The van der Waals surface area contributed by atoms with Crippen molar-refractivity contribution in [2.45, 2.75) is 13.3 Å². The van der Waals surface area contributed by atoms with Crippen LogP contribution in [0.4, 0.5) is 5.69 Å². The van der Waals surface area contributed by atoms with Gasteiger partial charge in [0, 0.05) is 18.7 Å². The van der Waals surface area contributed by atoms with E-state index in [0.29, 0.717) is 12.1 Å². The number of aliphatic hydroxyl groups is 1. The first kappa shape index (κ1) is 8.01. The van der Waals surface area contributed by atoms with Gasteiger partial charge in [-0.05, 0) is 18.6 Å². The zero-order valence-electron chi connectivity index (χ0n) is 6.54. The number of aromatic nitrogens is 1. The molecule has 0 aliphatic rings. The number of nitrogens with zero attached hydrogens (tertiary/aromatic N) is 1. The molecular formula is C8H12N2O. The minimum absolute atomic E-state index is 0.135. The van der Waals surface area contributed by atoms with Gasteiger partial charge in [0.2, 0.25) is 0 Å². The van der Waals surface area contributed by atoms with E-state index in [1.165, 1.54) is 0 Å². The van der Waals surface area contributed by atoms with E-state index in [9.17, 15) is 0 Å². The topological polar surface area (TPSA) is 59.1 Å². The van der Waals surface area contributed by atoms with E-state index in [0.717, 1.165) is 11.3 Å². The molecule has 0 atom stereocenters. The van der Waals surface area contributed by atoms with E-state index in [-0.39, 0.29) is 6.61 Å². The minimum Gasteiger partial charge on any atom is -0.397 e. The van der Waals surface area contributed by atoms with Crippen molar-refractivity contribution in [3.05, 3.63) is 23.5 Å². The van der Waals surface area contributed by atoms with Gasteiger partial charge in [0.25, 0.3) is 0 Å². The zero-order chi connectivity index (χ0) is 8.27. The smallest absolute Gasteiger partial charge is 0.0530 e. The van der Waals surface area contributed by atoms with Crippen molar-refractivity contribution in [2.75, 3.05) is 12.3 Å². The molecule has 0 aromatic carbocycles. The molecule has 1 rings (SSSR count). The van der Waals surface area contributed by atoms with E-state index >= 15 is 0 Å². The first-order valence-corrected chi connectivity index (χ1v) is 3.56. The summed E-state index contributed by atoms with van der Waals surface area (Å²) in [7, 11) is 0. The molecule has 0 unspecified atom stereocenters. The van der Waals surface area contributed by atoms with Crippen LogP contribution in [-0.2, 0) is 6.42 Å². The average Bonchev–Trinajstić information content (AvgIpc) is 1.98. The van der Waals surface area contributed by atoms with E-state index in [4.69, 9.17) is 10.8 Å². The number of anilines is 1. The highest BCUT2D eigenvalue weighted by Crippen LogP contribution is 2.09. The molecule has 0 aliphatic carbocycles. The Labute approximate surface area is 65.9 Å². The van der Waals surface area contributed by atoms with Gasteiger partial charge in [-0.2, -0.15) is 0 Å². The van der Waals surface area contributed by atoms with Crippen LogP contribution in [0, 0.1) is 6.92 Å². The van der Waals surface area contributed by atoms with Crippen LogP contribution in [-0.4, -0.2) is 16.7 Å². The van der Waals surface area contributed by atoms with Crippen LogP contribution in [0.15, 0.2) is 12.3 Å². The number of pyridine rings is 1. The summed E-state index contributed by atoms with van der Waals surface area (Å²) >= 11 is 0. The molecule has 0 amide bonds. The van der Waals surface area contributed by atoms with Crippen LogP contribution >= 0.6 is 0 Å². The molecule has 1 aromatic rings. The van der Waals surface area contributed by atoms with Gasteiger partial charge in [0.1, 0.15) is 0 Å². The Morgan fingerprint density at radius 2 is 2.36 bits per heavy atom. The maximum absolute atomic E-state index is 8.61. The van der Waals surface area contributed by atoms with Gasteiger partial charge in [-0.25, -0.2) is 0 Å². The first-order valence-electron chi connectivity index (χ1n) is 3.56. The van der Waals surface area contributed by atoms with Crippen molar-refractivity contribution in [1.29, 1.82) is 0 Å². The van der Waals surface area contributed by atoms with Crippen LogP contribution < -0.4 is 5.73 Å². The van der Waals surface area contributed by atoms with Crippen molar-refractivity contribution in [3.63, 3.8) is 0 Å². The lowest BCUT2D eigenvalue weighted by Crippen LogP contribution is -1.98. The Bertz CT molecular complexity index is 248. The lowest BCUT2D eigenvalue weighted by atomic mass is 10.2. The predicted octanol–water partition coefficient (Wildman–Crippen LogP) is 0.507. The molecule has 60 valence electrons. The van der Waals surface area contributed by atoms with Gasteiger partial charge in [0.05, 0.1) is 11.9 Å². The monoisotopic (exact) mass is 152 g/mol. The van der Waals surface area contributed by atoms with Crippen molar-refractivity contribution in [3.8, 4) is 0 Å². The van der Waals surface area contributed by atoms with Crippen LogP contribution in [0.1, 0.15) is 11.3 Å². The van der Waals surface area contributed by atoms with Gasteiger partial charge in [-0.3, -0.25) is 4.98 Å². The standard InChI is InChI=1S/C8H12N2O/c1-6-4-7(2-3-11)10-5-8(6)9/h4-5,11H,2-3,9H2,1H3. The molecule has 0 aliphatic heterocycles. The van der Waals surface area contributed by atoms with Gasteiger partial charge >= 0.3 is 0 Å². The first-order chi connectivity index (χ1) is 5.24. The number of nitrogens with two attached hydrogens (primary N) is 1. The molecule has 3 heteroatoms. The SMILES string of the molecule is Cc1cc(CCO)ncc1N. The summed E-state index contributed by atoms with van der Waals surface area (Å²) in [5, 5.41) is 8.61. The third-order valence-corrected chi connectivity index (χ3v) is 1.58. The molecule has 1 aromatic heterocycles. The highest BCUT2D eigenvalue weighted by Gasteiger charge is 1.96. The number of aliphatic hydroxyl groups excluding tert-OH is 1. The van der Waals surface area contributed by atoms with Crippen molar-refractivity contribution in [1.82, 2.24) is 4.98 Å². The van der Waals surface area contributed by atoms with Crippen LogP contribution in [0.2, 0.25) is 0 Å². The van der Waals surface area contributed by atoms with Crippen LogP contribution in [0.5, 0.6) is 0 Å². The summed E-state index contributed by atoms with van der Waals surface area (Å²) in [5.41, 5.74) is 8.17. The van der Waals surface area contributed by atoms with Crippen molar-refractivity contribution < 1.29 is 5.11 Å². The molecule has 0 bridgehead atoms. The fraction of sp³-hybridized carbons (Fsp3) is 0.375. The fourth-order valence-electron chi connectivity index (χ4n) is 0.876. The van der Waals surface area contributed by atoms with E-state index in [1.807, 2.05) is 13.0 Å². The fourth-order valence-corrected chi connectivity index (χ4v) is 0.876. The summed E-state index contributed by atoms with van der Waals surface area (Å²) in [4.78, 5) is 4.04. The lowest BCUT2D eigenvalue weighted by Gasteiger charge is -2.01.